The van der Waals surface area contributed by atoms with Crippen molar-refractivity contribution < 1.29 is 4.42 Å². The van der Waals surface area contributed by atoms with Crippen LogP contribution in [0.25, 0.3) is 0 Å². The zero-order valence-corrected chi connectivity index (χ0v) is 9.69. The van der Waals surface area contributed by atoms with Gasteiger partial charge >= 0.3 is 0 Å². The highest BCUT2D eigenvalue weighted by atomic mass is 16.3. The van der Waals surface area contributed by atoms with Crippen molar-refractivity contribution in [3.8, 4) is 0 Å². The van der Waals surface area contributed by atoms with E-state index in [4.69, 9.17) is 4.42 Å². The van der Waals surface area contributed by atoms with Gasteiger partial charge in [-0.2, -0.15) is 0 Å². The molecule has 0 amide bonds. The molecule has 1 saturated carbocycles. The predicted octanol–water partition coefficient (Wildman–Crippen LogP) is 1.85. The van der Waals surface area contributed by atoms with Gasteiger partial charge in [0.2, 0.25) is 0 Å². The summed E-state index contributed by atoms with van der Waals surface area (Å²) in [6.45, 7) is 4.67. The first kappa shape index (κ1) is 10.4. The van der Waals surface area contributed by atoms with Crippen LogP contribution in [-0.2, 0) is 6.54 Å². The molecule has 0 radical (unpaired) electrons. The molecule has 0 unspecified atom stereocenters. The maximum atomic E-state index is 5.44. The van der Waals surface area contributed by atoms with E-state index < -0.39 is 0 Å². The second-order valence-electron chi connectivity index (χ2n) is 5.09. The van der Waals surface area contributed by atoms with E-state index in [1.54, 1.807) is 6.26 Å². The first-order chi connectivity index (χ1) is 7.92. The van der Waals surface area contributed by atoms with Gasteiger partial charge in [0.15, 0.2) is 0 Å². The van der Waals surface area contributed by atoms with Crippen molar-refractivity contribution >= 4 is 0 Å². The summed E-state index contributed by atoms with van der Waals surface area (Å²) >= 11 is 0. The number of hydrogen-bond donors (Lipinski definition) is 1. The molecule has 2 aliphatic rings. The van der Waals surface area contributed by atoms with E-state index in [0.717, 1.165) is 24.3 Å². The van der Waals surface area contributed by atoms with Gasteiger partial charge in [0, 0.05) is 6.04 Å². The molecule has 1 N–H and O–H groups in total. The molecule has 2 fully saturated rings. The van der Waals surface area contributed by atoms with Gasteiger partial charge < -0.3 is 9.73 Å². The summed E-state index contributed by atoms with van der Waals surface area (Å²) in [5, 5.41) is 3.34. The third-order valence-electron chi connectivity index (χ3n) is 3.69. The van der Waals surface area contributed by atoms with Crippen molar-refractivity contribution in [2.75, 3.05) is 19.6 Å². The maximum Gasteiger partial charge on any atom is 0.117 e. The number of nitrogens with one attached hydrogen (secondary N) is 1. The molecule has 0 bridgehead atoms. The Morgan fingerprint density at radius 1 is 1.38 bits per heavy atom. The van der Waals surface area contributed by atoms with Crippen molar-refractivity contribution in [1.29, 1.82) is 0 Å². The largest absolute Gasteiger partial charge is 0.468 e. The fraction of sp³-hybridized carbons (Fsp3) is 0.692. The van der Waals surface area contributed by atoms with Gasteiger partial charge in [-0.3, -0.25) is 4.90 Å². The van der Waals surface area contributed by atoms with Crippen LogP contribution in [-0.4, -0.2) is 30.6 Å². The van der Waals surface area contributed by atoms with Crippen LogP contribution in [0.1, 0.15) is 25.0 Å². The van der Waals surface area contributed by atoms with Gasteiger partial charge in [-0.1, -0.05) is 0 Å². The normalized spacial score (nSPS) is 21.3. The molecule has 0 spiro atoms. The van der Waals surface area contributed by atoms with Crippen LogP contribution >= 0.6 is 0 Å². The quantitative estimate of drug-likeness (QED) is 0.793. The van der Waals surface area contributed by atoms with E-state index in [1.165, 1.54) is 38.9 Å². The van der Waals surface area contributed by atoms with E-state index in [-0.39, 0.29) is 0 Å². The standard InChI is InChI=1S/C13H20N2O/c1-2-13(16-7-1)10-15(12-3-4-12)6-5-11-8-14-9-11/h1-2,7,11-12,14H,3-6,8-10H2. The van der Waals surface area contributed by atoms with Crippen molar-refractivity contribution in [3.63, 3.8) is 0 Å². The molecule has 16 heavy (non-hydrogen) atoms. The Labute approximate surface area is 96.8 Å². The van der Waals surface area contributed by atoms with E-state index in [2.05, 4.69) is 16.3 Å². The van der Waals surface area contributed by atoms with Crippen LogP contribution in [0, 0.1) is 5.92 Å². The number of hydrogen-bond acceptors (Lipinski definition) is 3. The minimum absolute atomic E-state index is 0.832. The SMILES string of the molecule is c1coc(CN(CCC2CNC2)C2CC2)c1. The summed E-state index contributed by atoms with van der Waals surface area (Å²) < 4.78 is 5.44. The lowest BCUT2D eigenvalue weighted by Gasteiger charge is -2.30. The monoisotopic (exact) mass is 220 g/mol. The molecule has 1 aliphatic heterocycles. The number of nitrogens with zero attached hydrogens (tertiary/aromatic N) is 1. The first-order valence-electron chi connectivity index (χ1n) is 6.39. The van der Waals surface area contributed by atoms with Crippen LogP contribution in [0.4, 0.5) is 0 Å². The minimum Gasteiger partial charge on any atom is -0.468 e. The second-order valence-corrected chi connectivity index (χ2v) is 5.09. The topological polar surface area (TPSA) is 28.4 Å². The van der Waals surface area contributed by atoms with Crippen LogP contribution < -0.4 is 5.32 Å². The van der Waals surface area contributed by atoms with E-state index >= 15 is 0 Å². The van der Waals surface area contributed by atoms with Gasteiger partial charge in [-0.15, -0.1) is 0 Å². The molecule has 3 heteroatoms. The number of rotatable bonds is 6. The van der Waals surface area contributed by atoms with Gasteiger partial charge in [0.25, 0.3) is 0 Å². The third-order valence-corrected chi connectivity index (χ3v) is 3.69. The molecule has 1 aromatic heterocycles. The molecule has 1 aliphatic carbocycles. The van der Waals surface area contributed by atoms with Crippen molar-refractivity contribution in [2.45, 2.75) is 31.8 Å². The zero-order valence-electron chi connectivity index (χ0n) is 9.69. The molecule has 0 atom stereocenters. The van der Waals surface area contributed by atoms with Gasteiger partial charge in [0.1, 0.15) is 5.76 Å². The van der Waals surface area contributed by atoms with Gasteiger partial charge in [-0.25, -0.2) is 0 Å². The average Bonchev–Trinajstić information content (AvgIpc) is 2.94. The fourth-order valence-electron chi connectivity index (χ4n) is 2.33. The minimum atomic E-state index is 0.832. The van der Waals surface area contributed by atoms with Gasteiger partial charge in [0.05, 0.1) is 12.8 Å². The Morgan fingerprint density at radius 3 is 2.81 bits per heavy atom. The summed E-state index contributed by atoms with van der Waals surface area (Å²) in [7, 11) is 0. The zero-order chi connectivity index (χ0) is 10.8. The Morgan fingerprint density at radius 2 is 2.25 bits per heavy atom. The molecule has 88 valence electrons. The van der Waals surface area contributed by atoms with Gasteiger partial charge in [-0.05, 0) is 56.9 Å². The summed E-state index contributed by atoms with van der Waals surface area (Å²) in [4.78, 5) is 2.59. The molecule has 1 saturated heterocycles. The van der Waals surface area contributed by atoms with Crippen LogP contribution in [0.2, 0.25) is 0 Å². The highest BCUT2D eigenvalue weighted by molar-refractivity contribution is 4.99. The average molecular weight is 220 g/mol. The van der Waals surface area contributed by atoms with Crippen molar-refractivity contribution in [3.05, 3.63) is 24.2 Å². The second kappa shape index (κ2) is 4.60. The number of furan rings is 1. The summed E-state index contributed by atoms with van der Waals surface area (Å²) in [5.41, 5.74) is 0. The van der Waals surface area contributed by atoms with E-state index in [9.17, 15) is 0 Å². The highest BCUT2D eigenvalue weighted by Crippen LogP contribution is 2.29. The summed E-state index contributed by atoms with van der Waals surface area (Å²) in [5.74, 6) is 2.02. The molecule has 3 nitrogen and oxygen atoms in total. The first-order valence-corrected chi connectivity index (χ1v) is 6.39. The van der Waals surface area contributed by atoms with Crippen molar-refractivity contribution in [2.24, 2.45) is 5.92 Å². The molecule has 3 rings (SSSR count). The lowest BCUT2D eigenvalue weighted by molar-refractivity contribution is 0.199. The smallest absolute Gasteiger partial charge is 0.117 e. The Bertz CT molecular complexity index is 315. The molecular formula is C13H20N2O. The Hall–Kier alpha value is -0.800. The third kappa shape index (κ3) is 2.47. The molecule has 0 aromatic carbocycles. The van der Waals surface area contributed by atoms with E-state index in [0.29, 0.717) is 0 Å². The van der Waals surface area contributed by atoms with Crippen molar-refractivity contribution in [1.82, 2.24) is 10.2 Å². The lowest BCUT2D eigenvalue weighted by atomic mass is 9.99. The highest BCUT2D eigenvalue weighted by Gasteiger charge is 2.30. The Balaban J connectivity index is 1.50. The van der Waals surface area contributed by atoms with Crippen LogP contribution in [0.5, 0.6) is 0 Å². The Kier molecular flexibility index (Phi) is 2.98. The lowest BCUT2D eigenvalue weighted by Crippen LogP contribution is -2.43. The fourth-order valence-corrected chi connectivity index (χ4v) is 2.33. The van der Waals surface area contributed by atoms with Crippen LogP contribution in [0.3, 0.4) is 0 Å². The predicted molar refractivity (Wildman–Crippen MR) is 63.1 cm³/mol. The molecular weight excluding hydrogens is 200 g/mol. The molecule has 2 heterocycles. The van der Waals surface area contributed by atoms with Crippen LogP contribution in [0.15, 0.2) is 22.8 Å². The maximum absolute atomic E-state index is 5.44. The van der Waals surface area contributed by atoms with E-state index in [1.807, 2.05) is 6.07 Å². The summed E-state index contributed by atoms with van der Waals surface area (Å²) in [6, 6.07) is 4.90. The molecule has 1 aromatic rings. The summed E-state index contributed by atoms with van der Waals surface area (Å²) in [6.07, 6.45) is 5.87.